The maximum atomic E-state index is 14.7. The minimum atomic E-state index is -0.534. The summed E-state index contributed by atoms with van der Waals surface area (Å²) in [5.74, 6) is -1.99. The molecular weight excluding hydrogens is 435 g/mol. The molecule has 1 N–H and O–H groups in total. The molecule has 0 aliphatic carbocycles. The minimum Gasteiger partial charge on any atom is -0.391 e. The molecule has 2 saturated heterocycles. The number of carbonyl (C=O) groups is 2. The third-order valence-corrected chi connectivity index (χ3v) is 7.24. The van der Waals surface area contributed by atoms with E-state index in [1.54, 1.807) is 37.1 Å². The Morgan fingerprint density at radius 2 is 1.79 bits per heavy atom. The molecule has 7 heteroatoms. The number of carbonyl (C=O) groups excluding carboxylic acids is 2. The van der Waals surface area contributed by atoms with Gasteiger partial charge in [0, 0.05) is 57.2 Å². The van der Waals surface area contributed by atoms with E-state index in [4.69, 9.17) is 4.74 Å². The zero-order valence-electron chi connectivity index (χ0n) is 19.8. The quantitative estimate of drug-likeness (QED) is 0.633. The maximum Gasteiger partial charge on any atom is 0.227 e. The molecule has 2 fully saturated rings. The Morgan fingerprint density at radius 1 is 1.06 bits per heavy atom. The molecule has 34 heavy (non-hydrogen) atoms. The highest BCUT2D eigenvalue weighted by molar-refractivity contribution is 5.99. The summed E-state index contributed by atoms with van der Waals surface area (Å²) in [6.07, 6.45) is 0.00950. The molecule has 0 saturated carbocycles. The van der Waals surface area contributed by atoms with Crippen molar-refractivity contribution >= 4 is 11.7 Å². The smallest absolute Gasteiger partial charge is 0.227 e. The Labute approximate surface area is 200 Å². The first-order valence-electron chi connectivity index (χ1n) is 11.9. The third kappa shape index (κ3) is 5.06. The standard InChI is InChI=1S/C27H33FN2O4/c1-18-21(9-6-10-24(18)28)25-22(26(32)19-7-4-3-5-8-19)16-29(13-14-34-2)17-23(25)27(33)30-12-11-20(31)15-30/h3-10,20,22-23,25,31H,11-17H2,1-2H3/t20?,22-,23-,25-/m0/s1. The molecule has 0 aromatic heterocycles. The Morgan fingerprint density at radius 3 is 2.47 bits per heavy atom. The van der Waals surface area contributed by atoms with Crippen LogP contribution in [0.3, 0.4) is 0 Å². The number of benzene rings is 2. The van der Waals surface area contributed by atoms with Crippen LogP contribution in [0.4, 0.5) is 4.39 Å². The molecule has 2 aliphatic heterocycles. The highest BCUT2D eigenvalue weighted by Gasteiger charge is 2.47. The first-order chi connectivity index (χ1) is 16.4. The molecule has 1 amide bonds. The lowest BCUT2D eigenvalue weighted by molar-refractivity contribution is -0.138. The average Bonchev–Trinajstić information content (AvgIpc) is 3.30. The van der Waals surface area contributed by atoms with Crippen molar-refractivity contribution in [3.63, 3.8) is 0 Å². The predicted molar refractivity (Wildman–Crippen MR) is 127 cm³/mol. The van der Waals surface area contributed by atoms with Gasteiger partial charge in [0.05, 0.1) is 18.6 Å². The lowest BCUT2D eigenvalue weighted by Crippen LogP contribution is -2.53. The maximum absolute atomic E-state index is 14.7. The number of Topliss-reactive ketones (excluding diaryl/α,β-unsaturated/α-hetero) is 1. The van der Waals surface area contributed by atoms with Crippen LogP contribution in [-0.2, 0) is 9.53 Å². The molecule has 2 heterocycles. The van der Waals surface area contributed by atoms with Gasteiger partial charge in [-0.1, -0.05) is 42.5 Å². The van der Waals surface area contributed by atoms with E-state index in [2.05, 4.69) is 4.90 Å². The van der Waals surface area contributed by atoms with Crippen LogP contribution >= 0.6 is 0 Å². The third-order valence-electron chi connectivity index (χ3n) is 7.24. The number of nitrogens with zero attached hydrogens (tertiary/aromatic N) is 2. The predicted octanol–water partition coefficient (Wildman–Crippen LogP) is 2.89. The molecule has 0 spiro atoms. The SMILES string of the molecule is COCCN1C[C@H](C(=O)c2ccccc2)[C@H](c2cccc(F)c2C)[C@@H](C(=O)N2CCC(O)C2)C1. The van der Waals surface area contributed by atoms with E-state index in [0.717, 1.165) is 0 Å². The van der Waals surface area contributed by atoms with Gasteiger partial charge in [0.1, 0.15) is 5.82 Å². The fourth-order valence-electron chi connectivity index (χ4n) is 5.43. The zero-order valence-corrected chi connectivity index (χ0v) is 19.8. The van der Waals surface area contributed by atoms with Crippen LogP contribution in [0, 0.1) is 24.6 Å². The van der Waals surface area contributed by atoms with Gasteiger partial charge in [-0.05, 0) is 30.5 Å². The number of ketones is 1. The number of methoxy groups -OCH3 is 1. The topological polar surface area (TPSA) is 70.1 Å². The summed E-state index contributed by atoms with van der Waals surface area (Å²) < 4.78 is 19.9. The van der Waals surface area contributed by atoms with E-state index in [9.17, 15) is 19.1 Å². The lowest BCUT2D eigenvalue weighted by Gasteiger charge is -2.44. The molecule has 2 aliphatic rings. The summed E-state index contributed by atoms with van der Waals surface area (Å²) in [5.41, 5.74) is 1.77. The molecule has 2 aromatic carbocycles. The van der Waals surface area contributed by atoms with Crippen molar-refractivity contribution in [1.29, 1.82) is 0 Å². The Hall–Kier alpha value is -2.61. The molecule has 0 bridgehead atoms. The molecule has 4 atom stereocenters. The minimum absolute atomic E-state index is 0.0457. The van der Waals surface area contributed by atoms with Crippen molar-refractivity contribution < 1.29 is 23.8 Å². The second-order valence-corrected chi connectivity index (χ2v) is 9.40. The fourth-order valence-corrected chi connectivity index (χ4v) is 5.43. The van der Waals surface area contributed by atoms with Crippen LogP contribution in [0.2, 0.25) is 0 Å². The van der Waals surface area contributed by atoms with Gasteiger partial charge in [-0.2, -0.15) is 0 Å². The second kappa shape index (κ2) is 10.8. The number of aliphatic hydroxyl groups is 1. The number of amides is 1. The van der Waals surface area contributed by atoms with Crippen LogP contribution in [0.25, 0.3) is 0 Å². The van der Waals surface area contributed by atoms with Gasteiger partial charge in [-0.25, -0.2) is 4.39 Å². The summed E-state index contributed by atoms with van der Waals surface area (Å²) in [4.78, 5) is 31.4. The summed E-state index contributed by atoms with van der Waals surface area (Å²) in [6, 6.07) is 14.0. The first kappa shape index (κ1) is 24.5. The Bertz CT molecular complexity index is 1010. The van der Waals surface area contributed by atoms with Gasteiger partial charge in [-0.15, -0.1) is 0 Å². The average molecular weight is 469 g/mol. The van der Waals surface area contributed by atoms with E-state index < -0.39 is 23.9 Å². The summed E-state index contributed by atoms with van der Waals surface area (Å²) in [7, 11) is 1.63. The number of halogens is 1. The molecule has 6 nitrogen and oxygen atoms in total. The van der Waals surface area contributed by atoms with Gasteiger partial charge in [0.25, 0.3) is 0 Å². The van der Waals surface area contributed by atoms with Crippen LogP contribution in [-0.4, -0.2) is 79.1 Å². The summed E-state index contributed by atoms with van der Waals surface area (Å²) in [6.45, 7) is 4.49. The molecule has 182 valence electrons. The van der Waals surface area contributed by atoms with Crippen molar-refractivity contribution in [3.05, 3.63) is 71.0 Å². The Kier molecular flexibility index (Phi) is 7.76. The normalized spacial score (nSPS) is 25.5. The number of β-amino-alcohol motifs (C(OH)–C–C–N with tert-alkyl or cyclic N) is 1. The lowest BCUT2D eigenvalue weighted by atomic mass is 9.69. The number of hydrogen-bond acceptors (Lipinski definition) is 5. The number of piperidine rings is 1. The molecule has 4 rings (SSSR count). The van der Waals surface area contributed by atoms with E-state index in [-0.39, 0.29) is 17.5 Å². The van der Waals surface area contributed by atoms with Gasteiger partial charge >= 0.3 is 0 Å². The van der Waals surface area contributed by atoms with Gasteiger partial charge in [0.2, 0.25) is 5.91 Å². The number of rotatable bonds is 7. The van der Waals surface area contributed by atoms with E-state index in [1.807, 2.05) is 24.3 Å². The number of hydrogen-bond donors (Lipinski definition) is 1. The molecule has 0 radical (unpaired) electrons. The van der Waals surface area contributed by atoms with Crippen molar-refractivity contribution in [2.45, 2.75) is 25.4 Å². The first-order valence-corrected chi connectivity index (χ1v) is 11.9. The second-order valence-electron chi connectivity index (χ2n) is 9.40. The molecule has 1 unspecified atom stereocenters. The number of likely N-dealkylation sites (tertiary alicyclic amines) is 2. The van der Waals surface area contributed by atoms with Crippen molar-refractivity contribution in [2.24, 2.45) is 11.8 Å². The number of ether oxygens (including phenoxy) is 1. The van der Waals surface area contributed by atoms with E-state index in [0.29, 0.717) is 62.4 Å². The van der Waals surface area contributed by atoms with Gasteiger partial charge in [0.15, 0.2) is 5.78 Å². The van der Waals surface area contributed by atoms with Gasteiger partial charge in [-0.3, -0.25) is 14.5 Å². The van der Waals surface area contributed by atoms with Crippen molar-refractivity contribution in [3.8, 4) is 0 Å². The van der Waals surface area contributed by atoms with Crippen LogP contribution < -0.4 is 0 Å². The molecular formula is C27H33FN2O4. The monoisotopic (exact) mass is 468 g/mol. The van der Waals surface area contributed by atoms with Crippen molar-refractivity contribution in [1.82, 2.24) is 9.80 Å². The highest BCUT2D eigenvalue weighted by atomic mass is 19.1. The Balaban J connectivity index is 1.78. The van der Waals surface area contributed by atoms with Crippen LogP contribution in [0.5, 0.6) is 0 Å². The van der Waals surface area contributed by atoms with Crippen LogP contribution in [0.15, 0.2) is 48.5 Å². The number of aliphatic hydroxyl groups excluding tert-OH is 1. The van der Waals surface area contributed by atoms with Crippen LogP contribution in [0.1, 0.15) is 33.8 Å². The van der Waals surface area contributed by atoms with E-state index in [1.165, 1.54) is 6.07 Å². The molecule has 2 aromatic rings. The summed E-state index contributed by atoms with van der Waals surface area (Å²) in [5, 5.41) is 10.0. The highest BCUT2D eigenvalue weighted by Crippen LogP contribution is 2.42. The fraction of sp³-hybridized carbons (Fsp3) is 0.481. The summed E-state index contributed by atoms with van der Waals surface area (Å²) >= 11 is 0. The largest absolute Gasteiger partial charge is 0.391 e. The van der Waals surface area contributed by atoms with Crippen molar-refractivity contribution in [2.75, 3.05) is 46.4 Å². The van der Waals surface area contributed by atoms with Gasteiger partial charge < -0.3 is 14.7 Å². The zero-order chi connectivity index (χ0) is 24.2. The van der Waals surface area contributed by atoms with E-state index >= 15 is 0 Å².